The molecule has 1 atom stereocenters. The first kappa shape index (κ1) is 20.5. The van der Waals surface area contributed by atoms with E-state index in [0.717, 1.165) is 11.1 Å². The number of ketones is 1. The molecule has 146 valence electrons. The molecule has 0 saturated heterocycles. The Kier molecular flexibility index (Phi) is 6.57. The SMILES string of the molecule is CN(C)C=NC(=O)[C@H](c1ccc(Cl)cc1)c1ccc(C(=O)c2ccccc2)cc1. The third kappa shape index (κ3) is 5.18. The van der Waals surface area contributed by atoms with Crippen molar-refractivity contribution >= 4 is 29.6 Å². The summed E-state index contributed by atoms with van der Waals surface area (Å²) in [4.78, 5) is 31.3. The van der Waals surface area contributed by atoms with Gasteiger partial charge in [0.2, 0.25) is 0 Å². The zero-order chi connectivity index (χ0) is 20.8. The molecule has 0 saturated carbocycles. The van der Waals surface area contributed by atoms with Crippen molar-refractivity contribution in [2.24, 2.45) is 4.99 Å². The molecule has 4 nitrogen and oxygen atoms in total. The summed E-state index contributed by atoms with van der Waals surface area (Å²) in [6.07, 6.45) is 1.48. The van der Waals surface area contributed by atoms with Crippen molar-refractivity contribution < 1.29 is 9.59 Å². The van der Waals surface area contributed by atoms with Crippen molar-refractivity contribution in [1.82, 2.24) is 4.90 Å². The zero-order valence-electron chi connectivity index (χ0n) is 16.2. The first-order valence-electron chi connectivity index (χ1n) is 9.15. The topological polar surface area (TPSA) is 49.7 Å². The lowest BCUT2D eigenvalue weighted by Crippen LogP contribution is -2.16. The molecule has 0 spiro atoms. The molecule has 0 aliphatic heterocycles. The highest BCUT2D eigenvalue weighted by Gasteiger charge is 2.23. The number of rotatable bonds is 6. The van der Waals surface area contributed by atoms with E-state index in [2.05, 4.69) is 4.99 Å². The largest absolute Gasteiger partial charge is 0.369 e. The van der Waals surface area contributed by atoms with E-state index in [1.54, 1.807) is 67.5 Å². The smallest absolute Gasteiger partial charge is 0.259 e. The maximum atomic E-state index is 12.8. The van der Waals surface area contributed by atoms with Gasteiger partial charge < -0.3 is 4.90 Å². The van der Waals surface area contributed by atoms with Gasteiger partial charge in [-0.25, -0.2) is 4.99 Å². The molecule has 5 heteroatoms. The van der Waals surface area contributed by atoms with Crippen LogP contribution in [0.2, 0.25) is 5.02 Å². The van der Waals surface area contributed by atoms with Crippen LogP contribution in [-0.4, -0.2) is 37.0 Å². The maximum Gasteiger partial charge on any atom is 0.259 e. The number of carbonyl (C=O) groups is 2. The van der Waals surface area contributed by atoms with E-state index in [0.29, 0.717) is 16.1 Å². The minimum absolute atomic E-state index is 0.0582. The van der Waals surface area contributed by atoms with Gasteiger partial charge in [0.1, 0.15) is 0 Å². The number of hydrogen-bond acceptors (Lipinski definition) is 2. The molecule has 0 unspecified atom stereocenters. The van der Waals surface area contributed by atoms with Crippen molar-refractivity contribution in [2.45, 2.75) is 5.92 Å². The van der Waals surface area contributed by atoms with Crippen LogP contribution in [0.1, 0.15) is 33.0 Å². The zero-order valence-corrected chi connectivity index (χ0v) is 17.0. The first-order valence-corrected chi connectivity index (χ1v) is 9.53. The van der Waals surface area contributed by atoms with E-state index in [9.17, 15) is 9.59 Å². The highest BCUT2D eigenvalue weighted by Crippen LogP contribution is 2.28. The Hall–Kier alpha value is -3.24. The third-order valence-electron chi connectivity index (χ3n) is 4.41. The van der Waals surface area contributed by atoms with Crippen molar-refractivity contribution in [2.75, 3.05) is 14.1 Å². The van der Waals surface area contributed by atoms with Gasteiger partial charge in [-0.15, -0.1) is 0 Å². The second kappa shape index (κ2) is 9.30. The Morgan fingerprint density at radius 1 is 0.828 bits per heavy atom. The summed E-state index contributed by atoms with van der Waals surface area (Å²) in [6, 6.07) is 23.3. The number of halogens is 1. The first-order chi connectivity index (χ1) is 14.0. The monoisotopic (exact) mass is 404 g/mol. The van der Waals surface area contributed by atoms with Gasteiger partial charge in [-0.3, -0.25) is 9.59 Å². The molecule has 0 aromatic heterocycles. The van der Waals surface area contributed by atoms with Crippen molar-refractivity contribution in [3.63, 3.8) is 0 Å². The summed E-state index contributed by atoms with van der Waals surface area (Å²) >= 11 is 6.00. The highest BCUT2D eigenvalue weighted by atomic mass is 35.5. The summed E-state index contributed by atoms with van der Waals surface area (Å²) in [5, 5.41) is 0.598. The van der Waals surface area contributed by atoms with Gasteiger partial charge in [0.25, 0.3) is 5.91 Å². The van der Waals surface area contributed by atoms with Crippen LogP contribution in [-0.2, 0) is 4.79 Å². The van der Waals surface area contributed by atoms with E-state index in [1.165, 1.54) is 6.34 Å². The quantitative estimate of drug-likeness (QED) is 0.336. The van der Waals surface area contributed by atoms with E-state index in [4.69, 9.17) is 11.6 Å². The molecule has 29 heavy (non-hydrogen) atoms. The van der Waals surface area contributed by atoms with Crippen LogP contribution in [0.3, 0.4) is 0 Å². The number of amides is 1. The number of aliphatic imine (C=N–C) groups is 1. The molecule has 0 aliphatic carbocycles. The minimum Gasteiger partial charge on any atom is -0.369 e. The van der Waals surface area contributed by atoms with Gasteiger partial charge >= 0.3 is 0 Å². The third-order valence-corrected chi connectivity index (χ3v) is 4.66. The fourth-order valence-corrected chi connectivity index (χ4v) is 3.09. The lowest BCUT2D eigenvalue weighted by molar-refractivity contribution is -0.118. The summed E-state index contributed by atoms with van der Waals surface area (Å²) in [5.41, 5.74) is 2.75. The number of nitrogens with zero attached hydrogens (tertiary/aromatic N) is 2. The van der Waals surface area contributed by atoms with Gasteiger partial charge in [0.05, 0.1) is 12.3 Å². The van der Waals surface area contributed by atoms with Crippen LogP contribution >= 0.6 is 11.6 Å². The van der Waals surface area contributed by atoms with Crippen LogP contribution in [0.25, 0.3) is 0 Å². The predicted octanol–water partition coefficient (Wildman–Crippen LogP) is 4.82. The molecule has 0 radical (unpaired) electrons. The molecule has 0 aliphatic rings. The van der Waals surface area contributed by atoms with Gasteiger partial charge in [0, 0.05) is 30.2 Å². The molecule has 0 heterocycles. The fourth-order valence-electron chi connectivity index (χ4n) is 2.96. The highest BCUT2D eigenvalue weighted by molar-refractivity contribution is 6.30. The normalized spacial score (nSPS) is 12.0. The Bertz CT molecular complexity index is 1010. The Balaban J connectivity index is 1.94. The van der Waals surface area contributed by atoms with Crippen LogP contribution in [0, 0.1) is 0 Å². The van der Waals surface area contributed by atoms with E-state index in [1.807, 2.05) is 30.3 Å². The van der Waals surface area contributed by atoms with Crippen LogP contribution < -0.4 is 0 Å². The molecular formula is C24H21ClN2O2. The summed E-state index contributed by atoms with van der Waals surface area (Å²) in [6.45, 7) is 0. The lowest BCUT2D eigenvalue weighted by Gasteiger charge is -2.15. The molecule has 0 N–H and O–H groups in total. The summed E-state index contributed by atoms with van der Waals surface area (Å²) in [7, 11) is 3.61. The lowest BCUT2D eigenvalue weighted by atomic mass is 9.89. The van der Waals surface area contributed by atoms with Gasteiger partial charge in [-0.05, 0) is 23.3 Å². The van der Waals surface area contributed by atoms with E-state index >= 15 is 0 Å². The molecule has 3 aromatic carbocycles. The van der Waals surface area contributed by atoms with E-state index < -0.39 is 5.92 Å². The van der Waals surface area contributed by atoms with Crippen molar-refractivity contribution in [3.8, 4) is 0 Å². The summed E-state index contributed by atoms with van der Waals surface area (Å²) < 4.78 is 0. The fraction of sp³-hybridized carbons (Fsp3) is 0.125. The summed E-state index contributed by atoms with van der Waals surface area (Å²) in [5.74, 6) is -0.926. The standard InChI is InChI=1S/C24H21ClN2O2/c1-27(2)16-26-24(29)22(18-12-14-21(25)15-13-18)17-8-10-20(11-9-17)23(28)19-6-4-3-5-7-19/h3-16,22H,1-2H3/t22-/m0/s1. The molecular weight excluding hydrogens is 384 g/mol. The van der Waals surface area contributed by atoms with Crippen LogP contribution in [0.15, 0.2) is 83.9 Å². The maximum absolute atomic E-state index is 12.8. The van der Waals surface area contributed by atoms with Crippen molar-refractivity contribution in [3.05, 3.63) is 106 Å². The average Bonchev–Trinajstić information content (AvgIpc) is 2.74. The average molecular weight is 405 g/mol. The van der Waals surface area contributed by atoms with Crippen LogP contribution in [0.5, 0.6) is 0 Å². The number of hydrogen-bond donors (Lipinski definition) is 0. The minimum atomic E-state index is -0.579. The Morgan fingerprint density at radius 3 is 1.90 bits per heavy atom. The van der Waals surface area contributed by atoms with Gasteiger partial charge in [0.15, 0.2) is 5.78 Å². The van der Waals surface area contributed by atoms with Gasteiger partial charge in [-0.2, -0.15) is 0 Å². The number of carbonyl (C=O) groups excluding carboxylic acids is 2. The second-order valence-corrected chi connectivity index (χ2v) is 7.28. The molecule has 0 fully saturated rings. The second-order valence-electron chi connectivity index (χ2n) is 6.85. The Labute approximate surface area is 175 Å². The molecule has 3 aromatic rings. The Morgan fingerprint density at radius 2 is 1.34 bits per heavy atom. The predicted molar refractivity (Wildman–Crippen MR) is 117 cm³/mol. The number of benzene rings is 3. The van der Waals surface area contributed by atoms with Crippen molar-refractivity contribution in [1.29, 1.82) is 0 Å². The molecule has 1 amide bonds. The molecule has 0 bridgehead atoms. The van der Waals surface area contributed by atoms with Gasteiger partial charge in [-0.1, -0.05) is 78.3 Å². The van der Waals surface area contributed by atoms with Crippen LogP contribution in [0.4, 0.5) is 0 Å². The van der Waals surface area contributed by atoms with E-state index in [-0.39, 0.29) is 11.7 Å². The molecule has 3 rings (SSSR count).